The topological polar surface area (TPSA) is 41.9 Å². The molecule has 0 amide bonds. The van der Waals surface area contributed by atoms with Gasteiger partial charge in [0.25, 0.3) is 0 Å². The molecule has 0 N–H and O–H groups in total. The van der Waals surface area contributed by atoms with E-state index in [-0.39, 0.29) is 0 Å². The molecular weight excluding hydrogens is 252 g/mol. The SMILES string of the molecule is CCSc1ccc(CN(C)c2nnns2)cc1. The highest BCUT2D eigenvalue weighted by Crippen LogP contribution is 2.19. The summed E-state index contributed by atoms with van der Waals surface area (Å²) in [4.78, 5) is 3.36. The van der Waals surface area contributed by atoms with Gasteiger partial charge in [0, 0.05) is 30.0 Å². The smallest absolute Gasteiger partial charge is 0.227 e. The standard InChI is InChI=1S/C11H14N4S2/c1-3-16-10-6-4-9(5-7-10)8-15(2)11-12-13-14-17-11/h4-7H,3,8H2,1-2H3. The summed E-state index contributed by atoms with van der Waals surface area (Å²) in [6, 6.07) is 8.64. The van der Waals surface area contributed by atoms with Gasteiger partial charge in [0.1, 0.15) is 0 Å². The summed E-state index contributed by atoms with van der Waals surface area (Å²) >= 11 is 3.17. The molecule has 1 aromatic carbocycles. The minimum atomic E-state index is 0.827. The van der Waals surface area contributed by atoms with Gasteiger partial charge in [-0.2, -0.15) is 0 Å². The largest absolute Gasteiger partial charge is 0.344 e. The van der Waals surface area contributed by atoms with Crippen molar-refractivity contribution in [2.24, 2.45) is 0 Å². The van der Waals surface area contributed by atoms with Crippen LogP contribution >= 0.6 is 23.3 Å². The normalized spacial score (nSPS) is 10.5. The molecule has 17 heavy (non-hydrogen) atoms. The lowest BCUT2D eigenvalue weighted by Crippen LogP contribution is -2.15. The van der Waals surface area contributed by atoms with Gasteiger partial charge in [-0.05, 0) is 28.7 Å². The van der Waals surface area contributed by atoms with Gasteiger partial charge in [-0.15, -0.1) is 11.8 Å². The van der Waals surface area contributed by atoms with Crippen molar-refractivity contribution < 1.29 is 0 Å². The molecule has 4 nitrogen and oxygen atoms in total. The van der Waals surface area contributed by atoms with Crippen LogP contribution in [0.3, 0.4) is 0 Å². The van der Waals surface area contributed by atoms with Crippen LogP contribution in [-0.2, 0) is 6.54 Å². The molecule has 0 radical (unpaired) electrons. The summed E-state index contributed by atoms with van der Waals surface area (Å²) in [5, 5.41) is 8.38. The van der Waals surface area contributed by atoms with E-state index in [1.807, 2.05) is 23.7 Å². The van der Waals surface area contributed by atoms with Crippen LogP contribution in [0.2, 0.25) is 0 Å². The molecule has 0 aliphatic rings. The molecule has 2 aromatic rings. The second kappa shape index (κ2) is 5.97. The Morgan fingerprint density at radius 2 is 2.06 bits per heavy atom. The van der Waals surface area contributed by atoms with Gasteiger partial charge in [0.15, 0.2) is 0 Å². The van der Waals surface area contributed by atoms with Crippen LogP contribution in [0.15, 0.2) is 29.2 Å². The van der Waals surface area contributed by atoms with E-state index >= 15 is 0 Å². The number of nitrogens with zero attached hydrogens (tertiary/aromatic N) is 4. The van der Waals surface area contributed by atoms with Gasteiger partial charge in [-0.1, -0.05) is 28.6 Å². The van der Waals surface area contributed by atoms with E-state index in [2.05, 4.69) is 46.0 Å². The van der Waals surface area contributed by atoms with E-state index in [0.29, 0.717) is 0 Å². The van der Waals surface area contributed by atoms with Gasteiger partial charge < -0.3 is 4.90 Å². The maximum atomic E-state index is 3.94. The van der Waals surface area contributed by atoms with Crippen LogP contribution in [0.4, 0.5) is 5.13 Å². The Kier molecular flexibility index (Phi) is 4.33. The molecule has 0 aliphatic heterocycles. The molecule has 0 spiro atoms. The van der Waals surface area contributed by atoms with Crippen molar-refractivity contribution in [3.05, 3.63) is 29.8 Å². The van der Waals surface area contributed by atoms with Gasteiger partial charge >= 0.3 is 0 Å². The van der Waals surface area contributed by atoms with E-state index in [1.165, 1.54) is 22.0 Å². The molecule has 0 saturated carbocycles. The Balaban J connectivity index is 1.99. The molecule has 0 saturated heterocycles. The van der Waals surface area contributed by atoms with Gasteiger partial charge in [-0.25, -0.2) is 0 Å². The van der Waals surface area contributed by atoms with E-state index < -0.39 is 0 Å². The maximum absolute atomic E-state index is 3.94. The molecule has 0 unspecified atom stereocenters. The molecule has 1 heterocycles. The molecule has 0 atom stereocenters. The van der Waals surface area contributed by atoms with Crippen molar-refractivity contribution in [3.63, 3.8) is 0 Å². The van der Waals surface area contributed by atoms with Crippen molar-refractivity contribution in [1.82, 2.24) is 14.8 Å². The van der Waals surface area contributed by atoms with Crippen molar-refractivity contribution in [2.45, 2.75) is 18.4 Å². The van der Waals surface area contributed by atoms with Crippen molar-refractivity contribution in [1.29, 1.82) is 0 Å². The Labute approximate surface area is 109 Å². The number of benzene rings is 1. The first kappa shape index (κ1) is 12.3. The fourth-order valence-corrected chi connectivity index (χ4v) is 2.56. The van der Waals surface area contributed by atoms with Crippen LogP contribution in [-0.4, -0.2) is 27.6 Å². The minimum absolute atomic E-state index is 0.827. The lowest BCUT2D eigenvalue weighted by Gasteiger charge is -2.14. The van der Waals surface area contributed by atoms with E-state index in [4.69, 9.17) is 0 Å². The Hall–Kier alpha value is -1.14. The number of rotatable bonds is 5. The Morgan fingerprint density at radius 1 is 1.29 bits per heavy atom. The molecule has 1 aromatic heterocycles. The highest BCUT2D eigenvalue weighted by atomic mass is 32.2. The van der Waals surface area contributed by atoms with Crippen LogP contribution in [0.5, 0.6) is 0 Å². The number of thioether (sulfide) groups is 1. The summed E-state index contributed by atoms with van der Waals surface area (Å²) in [6.45, 7) is 2.99. The van der Waals surface area contributed by atoms with Crippen molar-refractivity contribution in [3.8, 4) is 0 Å². The number of aromatic nitrogens is 3. The summed E-state index contributed by atoms with van der Waals surface area (Å²) in [5.41, 5.74) is 1.27. The zero-order chi connectivity index (χ0) is 12.1. The Bertz CT molecular complexity index is 441. The molecule has 90 valence electrons. The molecule has 0 bridgehead atoms. The molecule has 6 heteroatoms. The molecule has 0 aliphatic carbocycles. The lowest BCUT2D eigenvalue weighted by molar-refractivity contribution is 0.873. The number of hydrogen-bond acceptors (Lipinski definition) is 6. The second-order valence-corrected chi connectivity index (χ2v) is 5.63. The van der Waals surface area contributed by atoms with Crippen LogP contribution in [0, 0.1) is 0 Å². The molecule has 0 fully saturated rings. The summed E-state index contributed by atoms with van der Waals surface area (Å²) in [7, 11) is 2.00. The minimum Gasteiger partial charge on any atom is -0.344 e. The van der Waals surface area contributed by atoms with Gasteiger partial charge in [0.05, 0.1) is 0 Å². The molecular formula is C11H14N4S2. The van der Waals surface area contributed by atoms with Crippen molar-refractivity contribution >= 4 is 28.4 Å². The van der Waals surface area contributed by atoms with E-state index in [9.17, 15) is 0 Å². The first-order chi connectivity index (χ1) is 8.29. The quantitative estimate of drug-likeness (QED) is 0.778. The fraction of sp³-hybridized carbons (Fsp3) is 0.364. The predicted molar refractivity (Wildman–Crippen MR) is 72.7 cm³/mol. The maximum Gasteiger partial charge on any atom is 0.227 e. The first-order valence-electron chi connectivity index (χ1n) is 5.37. The van der Waals surface area contributed by atoms with Gasteiger partial charge in [0.2, 0.25) is 5.13 Å². The number of hydrogen-bond donors (Lipinski definition) is 0. The lowest BCUT2D eigenvalue weighted by atomic mass is 10.2. The van der Waals surface area contributed by atoms with Gasteiger partial charge in [-0.3, -0.25) is 0 Å². The second-order valence-electron chi connectivity index (χ2n) is 3.58. The summed E-state index contributed by atoms with van der Waals surface area (Å²) < 4.78 is 3.76. The van der Waals surface area contributed by atoms with Crippen LogP contribution in [0.25, 0.3) is 0 Å². The highest BCUT2D eigenvalue weighted by molar-refractivity contribution is 7.99. The van der Waals surface area contributed by atoms with Crippen molar-refractivity contribution in [2.75, 3.05) is 17.7 Å². The monoisotopic (exact) mass is 266 g/mol. The third kappa shape index (κ3) is 3.41. The van der Waals surface area contributed by atoms with Crippen LogP contribution < -0.4 is 4.90 Å². The summed E-state index contributed by atoms with van der Waals surface area (Å²) in [5.74, 6) is 1.11. The van der Waals surface area contributed by atoms with E-state index in [1.54, 1.807) is 0 Å². The summed E-state index contributed by atoms with van der Waals surface area (Å²) in [6.07, 6.45) is 0. The zero-order valence-electron chi connectivity index (χ0n) is 9.83. The fourth-order valence-electron chi connectivity index (χ4n) is 1.47. The average molecular weight is 266 g/mol. The average Bonchev–Trinajstić information content (AvgIpc) is 2.86. The number of anilines is 1. The first-order valence-corrected chi connectivity index (χ1v) is 7.13. The third-order valence-electron chi connectivity index (χ3n) is 2.27. The van der Waals surface area contributed by atoms with E-state index in [0.717, 1.165) is 17.4 Å². The zero-order valence-corrected chi connectivity index (χ0v) is 11.5. The predicted octanol–water partition coefficient (Wildman–Crippen LogP) is 2.68. The third-order valence-corrected chi connectivity index (χ3v) is 3.88. The van der Waals surface area contributed by atoms with Crippen LogP contribution in [0.1, 0.15) is 12.5 Å². The Morgan fingerprint density at radius 3 is 2.65 bits per heavy atom. The highest BCUT2D eigenvalue weighted by Gasteiger charge is 2.06. The molecule has 2 rings (SSSR count).